The molecule has 0 bridgehead atoms. The van der Waals surface area contributed by atoms with E-state index in [9.17, 15) is 4.79 Å². The van der Waals surface area contributed by atoms with Gasteiger partial charge in [-0.3, -0.25) is 9.69 Å². The van der Waals surface area contributed by atoms with Gasteiger partial charge in [0.25, 0.3) is 0 Å². The third-order valence-corrected chi connectivity index (χ3v) is 6.45. The molecule has 1 saturated heterocycles. The Morgan fingerprint density at radius 1 is 1.19 bits per heavy atom. The van der Waals surface area contributed by atoms with Crippen molar-refractivity contribution in [2.24, 2.45) is 0 Å². The maximum absolute atomic E-state index is 12.9. The second-order valence-corrected chi connectivity index (χ2v) is 8.52. The van der Waals surface area contributed by atoms with Crippen LogP contribution in [0.25, 0.3) is 0 Å². The van der Waals surface area contributed by atoms with E-state index in [1.807, 2.05) is 12.1 Å². The molecule has 32 heavy (non-hydrogen) atoms. The van der Waals surface area contributed by atoms with E-state index in [1.165, 1.54) is 11.3 Å². The minimum atomic E-state index is -0.178. The summed E-state index contributed by atoms with van der Waals surface area (Å²) in [5, 5.41) is 12.9. The highest BCUT2D eigenvalue weighted by Gasteiger charge is 2.19. The van der Waals surface area contributed by atoms with E-state index in [2.05, 4.69) is 32.2 Å². The number of β-amino-alcohol motifs (C(OH)–C–C–N with tert-alkyl or cyclic N) is 1. The Labute approximate surface area is 191 Å². The molecule has 8 nitrogen and oxygen atoms in total. The normalized spacial score (nSPS) is 14.4. The zero-order valence-corrected chi connectivity index (χ0v) is 18.8. The van der Waals surface area contributed by atoms with Gasteiger partial charge < -0.3 is 25.8 Å². The highest BCUT2D eigenvalue weighted by molar-refractivity contribution is 7.18. The molecule has 1 aliphatic heterocycles. The molecule has 1 fully saturated rings. The number of thiazole rings is 1. The van der Waals surface area contributed by atoms with E-state index in [0.717, 1.165) is 44.1 Å². The summed E-state index contributed by atoms with van der Waals surface area (Å²) in [6.07, 6.45) is 0. The first-order valence-electron chi connectivity index (χ1n) is 10.5. The number of ketones is 1. The second-order valence-electron chi connectivity index (χ2n) is 7.52. The van der Waals surface area contributed by atoms with E-state index in [0.29, 0.717) is 21.3 Å². The van der Waals surface area contributed by atoms with Crippen LogP contribution in [0.4, 0.5) is 22.3 Å². The number of piperazine rings is 1. The number of benzene rings is 2. The van der Waals surface area contributed by atoms with Crippen LogP contribution in [-0.4, -0.2) is 67.2 Å². The van der Waals surface area contributed by atoms with Gasteiger partial charge in [-0.05, 0) is 36.4 Å². The van der Waals surface area contributed by atoms with Crippen LogP contribution in [0.15, 0.2) is 48.5 Å². The molecule has 4 N–H and O–H groups in total. The van der Waals surface area contributed by atoms with Gasteiger partial charge in [-0.1, -0.05) is 23.5 Å². The number of anilines is 4. The lowest BCUT2D eigenvalue weighted by atomic mass is 10.1. The number of nitrogens with one attached hydrogen (secondary N) is 1. The zero-order valence-electron chi connectivity index (χ0n) is 18.0. The summed E-state index contributed by atoms with van der Waals surface area (Å²) in [5.41, 5.74) is 8.58. The van der Waals surface area contributed by atoms with Gasteiger partial charge in [-0.25, -0.2) is 4.98 Å². The molecule has 0 unspecified atom stereocenters. The van der Waals surface area contributed by atoms with Crippen LogP contribution in [0.3, 0.4) is 0 Å². The van der Waals surface area contributed by atoms with Gasteiger partial charge in [0.1, 0.15) is 16.4 Å². The monoisotopic (exact) mass is 453 g/mol. The number of rotatable bonds is 8. The van der Waals surface area contributed by atoms with Gasteiger partial charge in [-0.15, -0.1) is 0 Å². The van der Waals surface area contributed by atoms with E-state index in [-0.39, 0.29) is 18.2 Å². The number of carbonyl (C=O) groups excluding carboxylic acids is 1. The molecular weight excluding hydrogens is 426 g/mol. The summed E-state index contributed by atoms with van der Waals surface area (Å²) < 4.78 is 5.20. The zero-order chi connectivity index (χ0) is 22.5. The maximum Gasteiger partial charge on any atom is 0.206 e. The molecule has 0 aliphatic carbocycles. The van der Waals surface area contributed by atoms with Crippen molar-refractivity contribution >= 4 is 39.4 Å². The highest BCUT2D eigenvalue weighted by atomic mass is 32.1. The SMILES string of the molecule is COc1cccc(C(=O)c2sc(Nc3ccc(N4CCN(CCO)CC4)cc3)nc2N)c1. The van der Waals surface area contributed by atoms with Crippen molar-refractivity contribution in [3.8, 4) is 5.75 Å². The number of nitrogen functional groups attached to an aromatic ring is 1. The Kier molecular flexibility index (Phi) is 6.89. The molecular formula is C23H27N5O3S. The standard InChI is InChI=1S/C23H27N5O3S/c1-31-19-4-2-3-16(15-19)20(30)21-22(24)26-23(32-21)25-17-5-7-18(8-6-17)28-11-9-27(10-12-28)13-14-29/h2-8,15,29H,9-14,24H2,1H3,(H,25,26). The fourth-order valence-electron chi connectivity index (χ4n) is 3.69. The van der Waals surface area contributed by atoms with Crippen molar-refractivity contribution in [1.29, 1.82) is 0 Å². The van der Waals surface area contributed by atoms with Crippen LogP contribution in [0.5, 0.6) is 5.75 Å². The van der Waals surface area contributed by atoms with Gasteiger partial charge in [0.15, 0.2) is 5.13 Å². The summed E-state index contributed by atoms with van der Waals surface area (Å²) in [5.74, 6) is 0.650. The second kappa shape index (κ2) is 9.99. The predicted octanol–water partition coefficient (Wildman–Crippen LogP) is 2.82. The molecule has 0 amide bonds. The predicted molar refractivity (Wildman–Crippen MR) is 128 cm³/mol. The van der Waals surface area contributed by atoms with Crippen molar-refractivity contribution < 1.29 is 14.6 Å². The molecule has 168 valence electrons. The smallest absolute Gasteiger partial charge is 0.206 e. The number of carbonyl (C=O) groups is 1. The van der Waals surface area contributed by atoms with Gasteiger partial charge in [-0.2, -0.15) is 0 Å². The Bertz CT molecular complexity index is 1060. The van der Waals surface area contributed by atoms with Gasteiger partial charge in [0.05, 0.1) is 13.7 Å². The van der Waals surface area contributed by atoms with Crippen molar-refractivity contribution in [3.05, 3.63) is 59.0 Å². The van der Waals surface area contributed by atoms with E-state index < -0.39 is 0 Å². The van der Waals surface area contributed by atoms with Gasteiger partial charge in [0, 0.05) is 49.7 Å². The number of aliphatic hydroxyl groups is 1. The van der Waals surface area contributed by atoms with Crippen LogP contribution in [0.2, 0.25) is 0 Å². The van der Waals surface area contributed by atoms with Crippen LogP contribution >= 0.6 is 11.3 Å². The average molecular weight is 454 g/mol. The topological polar surface area (TPSA) is 104 Å². The lowest BCUT2D eigenvalue weighted by Crippen LogP contribution is -2.47. The number of aliphatic hydroxyl groups excluding tert-OH is 1. The highest BCUT2D eigenvalue weighted by Crippen LogP contribution is 2.31. The van der Waals surface area contributed by atoms with E-state index in [1.54, 1.807) is 31.4 Å². The molecule has 3 aromatic rings. The first-order valence-corrected chi connectivity index (χ1v) is 11.3. The lowest BCUT2D eigenvalue weighted by molar-refractivity contribution is 0.104. The van der Waals surface area contributed by atoms with Crippen LogP contribution in [-0.2, 0) is 0 Å². The minimum absolute atomic E-state index is 0.178. The molecule has 0 atom stereocenters. The van der Waals surface area contributed by atoms with Crippen LogP contribution in [0, 0.1) is 0 Å². The number of hydrogen-bond donors (Lipinski definition) is 3. The fraction of sp³-hybridized carbons (Fsp3) is 0.304. The third-order valence-electron chi connectivity index (χ3n) is 5.46. The third kappa shape index (κ3) is 5.01. The number of hydrogen-bond acceptors (Lipinski definition) is 9. The first kappa shape index (κ1) is 22.1. The molecule has 2 heterocycles. The van der Waals surface area contributed by atoms with Gasteiger partial charge in [0.2, 0.25) is 5.78 Å². The number of nitrogens with zero attached hydrogens (tertiary/aromatic N) is 3. The molecule has 1 aromatic heterocycles. The van der Waals surface area contributed by atoms with Crippen LogP contribution < -0.4 is 20.7 Å². The minimum Gasteiger partial charge on any atom is -0.497 e. The molecule has 9 heteroatoms. The Balaban J connectivity index is 1.41. The Morgan fingerprint density at radius 3 is 2.62 bits per heavy atom. The Morgan fingerprint density at radius 2 is 1.94 bits per heavy atom. The van der Waals surface area contributed by atoms with Crippen molar-refractivity contribution in [3.63, 3.8) is 0 Å². The van der Waals surface area contributed by atoms with E-state index in [4.69, 9.17) is 15.6 Å². The number of nitrogens with two attached hydrogens (primary N) is 1. The fourth-order valence-corrected chi connectivity index (χ4v) is 4.56. The number of methoxy groups -OCH3 is 1. The number of aromatic nitrogens is 1. The van der Waals surface area contributed by atoms with Crippen LogP contribution in [0.1, 0.15) is 15.2 Å². The summed E-state index contributed by atoms with van der Waals surface area (Å²) in [4.78, 5) is 22.2. The molecule has 0 saturated carbocycles. The Hall–Kier alpha value is -3.14. The van der Waals surface area contributed by atoms with E-state index >= 15 is 0 Å². The first-order chi connectivity index (χ1) is 15.6. The molecule has 1 aliphatic rings. The van der Waals surface area contributed by atoms with Crippen molar-refractivity contribution in [2.75, 3.05) is 62.4 Å². The molecule has 0 radical (unpaired) electrons. The summed E-state index contributed by atoms with van der Waals surface area (Å²) >= 11 is 1.23. The molecule has 2 aromatic carbocycles. The van der Waals surface area contributed by atoms with Gasteiger partial charge >= 0.3 is 0 Å². The van der Waals surface area contributed by atoms with Crippen molar-refractivity contribution in [1.82, 2.24) is 9.88 Å². The summed E-state index contributed by atoms with van der Waals surface area (Å²) in [6.45, 7) is 4.70. The average Bonchev–Trinajstić information content (AvgIpc) is 3.19. The quantitative estimate of drug-likeness (QED) is 0.448. The lowest BCUT2D eigenvalue weighted by Gasteiger charge is -2.35. The maximum atomic E-state index is 12.9. The molecule has 4 rings (SSSR count). The summed E-state index contributed by atoms with van der Waals surface area (Å²) in [7, 11) is 1.56. The largest absolute Gasteiger partial charge is 0.497 e. The van der Waals surface area contributed by atoms with Crippen molar-refractivity contribution in [2.45, 2.75) is 0 Å². The summed E-state index contributed by atoms with van der Waals surface area (Å²) in [6, 6.07) is 15.1. The molecule has 0 spiro atoms. The number of ether oxygens (including phenoxy) is 1.